The van der Waals surface area contributed by atoms with Crippen LogP contribution in [0.25, 0.3) is 17.3 Å². The average Bonchev–Trinajstić information content (AvgIpc) is 3.18. The van der Waals surface area contributed by atoms with Gasteiger partial charge in [0.05, 0.1) is 23.9 Å². The first-order valence-corrected chi connectivity index (χ1v) is 8.48. The maximum absolute atomic E-state index is 6.00. The topological polar surface area (TPSA) is 79.4 Å². The molecule has 0 bridgehead atoms. The lowest BCUT2D eigenvalue weighted by molar-refractivity contribution is 0.0694. The number of imidazole rings is 1. The first-order chi connectivity index (χ1) is 12.0. The van der Waals surface area contributed by atoms with Gasteiger partial charge in [0.1, 0.15) is 11.8 Å². The minimum absolute atomic E-state index is 0.00330. The van der Waals surface area contributed by atoms with Crippen LogP contribution in [0, 0.1) is 0 Å². The van der Waals surface area contributed by atoms with Crippen LogP contribution in [0.3, 0.4) is 0 Å². The highest BCUT2D eigenvalue weighted by Crippen LogP contribution is 2.24. The summed E-state index contributed by atoms with van der Waals surface area (Å²) in [6.07, 6.45) is 4.95. The van der Waals surface area contributed by atoms with Crippen molar-refractivity contribution in [2.75, 3.05) is 20.3 Å². The molecule has 0 saturated carbocycles. The Morgan fingerprint density at radius 2 is 2.04 bits per heavy atom. The van der Waals surface area contributed by atoms with E-state index in [1.54, 1.807) is 23.9 Å². The lowest BCUT2D eigenvalue weighted by Gasteiger charge is -2.12. The smallest absolute Gasteiger partial charge is 0.234 e. The van der Waals surface area contributed by atoms with E-state index in [1.165, 1.54) is 0 Å². The van der Waals surface area contributed by atoms with Crippen LogP contribution in [0.2, 0.25) is 5.02 Å². The molecule has 0 fully saturated rings. The zero-order valence-corrected chi connectivity index (χ0v) is 15.4. The maximum Gasteiger partial charge on any atom is 0.234 e. The van der Waals surface area contributed by atoms with E-state index >= 15 is 0 Å². The number of halogens is 1. The summed E-state index contributed by atoms with van der Waals surface area (Å²) in [5.41, 5.74) is 0.667. The highest BCUT2D eigenvalue weighted by atomic mass is 35.5. The predicted molar refractivity (Wildman–Crippen MR) is 93.6 cm³/mol. The molecule has 9 heteroatoms. The van der Waals surface area contributed by atoms with E-state index in [4.69, 9.17) is 21.1 Å². The van der Waals surface area contributed by atoms with Gasteiger partial charge >= 0.3 is 0 Å². The van der Waals surface area contributed by atoms with Gasteiger partial charge in [-0.2, -0.15) is 5.10 Å². The molecule has 134 valence electrons. The molecule has 0 aliphatic carbocycles. The van der Waals surface area contributed by atoms with Crippen LogP contribution in [-0.4, -0.2) is 49.5 Å². The molecule has 0 aliphatic heterocycles. The summed E-state index contributed by atoms with van der Waals surface area (Å²) < 4.78 is 14.5. The third kappa shape index (κ3) is 3.65. The summed E-state index contributed by atoms with van der Waals surface area (Å²) in [4.78, 5) is 13.4. The van der Waals surface area contributed by atoms with Gasteiger partial charge in [0.25, 0.3) is 0 Å². The molecule has 8 nitrogen and oxygen atoms in total. The Morgan fingerprint density at radius 3 is 2.76 bits per heavy atom. The fraction of sp³-hybridized carbons (Fsp3) is 0.500. The molecule has 25 heavy (non-hydrogen) atoms. The Morgan fingerprint density at radius 1 is 1.24 bits per heavy atom. The normalized spacial score (nSPS) is 14.1. The number of hydrogen-bond donors (Lipinski definition) is 0. The van der Waals surface area contributed by atoms with Gasteiger partial charge in [-0.15, -0.1) is 0 Å². The highest BCUT2D eigenvalue weighted by Gasteiger charge is 2.22. The Kier molecular flexibility index (Phi) is 5.31. The summed E-state index contributed by atoms with van der Waals surface area (Å²) in [7, 11) is 1.66. The van der Waals surface area contributed by atoms with Crippen molar-refractivity contribution in [3.05, 3.63) is 29.4 Å². The summed E-state index contributed by atoms with van der Waals surface area (Å²) in [6, 6.07) is -0.00330. The SMILES string of the molecule is CCOC(C)c1nc(-c2cn3cc(Cl)cnc3n2)n(C(C)COC)n1. The Hall–Kier alpha value is -2.03. The molecular formula is C16H21ClN6O2. The fourth-order valence-corrected chi connectivity index (χ4v) is 2.75. The van der Waals surface area contributed by atoms with Crippen molar-refractivity contribution in [3.63, 3.8) is 0 Å². The van der Waals surface area contributed by atoms with E-state index in [0.717, 1.165) is 0 Å². The quantitative estimate of drug-likeness (QED) is 0.641. The number of methoxy groups -OCH3 is 1. The number of aromatic nitrogens is 6. The Balaban J connectivity index is 2.07. The second-order valence-corrected chi connectivity index (χ2v) is 6.18. The molecule has 3 heterocycles. The van der Waals surface area contributed by atoms with Crippen molar-refractivity contribution in [2.45, 2.75) is 32.9 Å². The maximum atomic E-state index is 6.00. The van der Waals surface area contributed by atoms with E-state index in [0.29, 0.717) is 41.4 Å². The Labute approximate surface area is 150 Å². The minimum atomic E-state index is -0.204. The van der Waals surface area contributed by atoms with Gasteiger partial charge in [-0.05, 0) is 20.8 Å². The second-order valence-electron chi connectivity index (χ2n) is 5.75. The number of ether oxygens (including phenoxy) is 2. The van der Waals surface area contributed by atoms with Crippen molar-refractivity contribution in [2.24, 2.45) is 0 Å². The molecule has 3 aromatic heterocycles. The number of nitrogens with zero attached hydrogens (tertiary/aromatic N) is 6. The molecule has 2 atom stereocenters. The van der Waals surface area contributed by atoms with Crippen LogP contribution in [0.1, 0.15) is 38.7 Å². The molecule has 0 aliphatic rings. The largest absolute Gasteiger partial charge is 0.382 e. The second kappa shape index (κ2) is 7.47. The molecule has 0 N–H and O–H groups in total. The van der Waals surface area contributed by atoms with Crippen molar-refractivity contribution < 1.29 is 9.47 Å². The molecule has 0 saturated heterocycles. The fourth-order valence-electron chi connectivity index (χ4n) is 2.60. The monoisotopic (exact) mass is 364 g/mol. The Bertz CT molecular complexity index is 862. The van der Waals surface area contributed by atoms with Crippen molar-refractivity contribution in [3.8, 4) is 11.5 Å². The molecular weight excluding hydrogens is 344 g/mol. The molecule has 0 radical (unpaired) electrons. The lowest BCUT2D eigenvalue weighted by atomic mass is 10.3. The van der Waals surface area contributed by atoms with Crippen molar-refractivity contribution in [1.82, 2.24) is 29.1 Å². The van der Waals surface area contributed by atoms with E-state index in [-0.39, 0.29) is 12.1 Å². The molecule has 3 aromatic rings. The minimum Gasteiger partial charge on any atom is -0.382 e. The summed E-state index contributed by atoms with van der Waals surface area (Å²) in [6.45, 7) is 6.99. The highest BCUT2D eigenvalue weighted by molar-refractivity contribution is 6.30. The predicted octanol–water partition coefficient (Wildman–Crippen LogP) is 2.95. The summed E-state index contributed by atoms with van der Waals surface area (Å²) in [5, 5.41) is 5.15. The first-order valence-electron chi connectivity index (χ1n) is 8.11. The van der Waals surface area contributed by atoms with E-state index in [2.05, 4.69) is 20.1 Å². The van der Waals surface area contributed by atoms with Gasteiger partial charge in [-0.3, -0.25) is 4.40 Å². The van der Waals surface area contributed by atoms with Crippen molar-refractivity contribution in [1.29, 1.82) is 0 Å². The van der Waals surface area contributed by atoms with E-state index in [9.17, 15) is 0 Å². The standard InChI is InChI=1S/C16H21ClN6O2/c1-5-25-11(3)14-20-15(23(21-14)10(2)9-24-4)13-8-22-7-12(17)6-18-16(22)19-13/h6-8,10-11H,5,9H2,1-4H3. The van der Waals surface area contributed by atoms with Crippen LogP contribution in [0.5, 0.6) is 0 Å². The van der Waals surface area contributed by atoms with Crippen molar-refractivity contribution >= 4 is 17.4 Å². The first kappa shape index (κ1) is 17.8. The zero-order valence-electron chi connectivity index (χ0n) is 14.7. The number of hydrogen-bond acceptors (Lipinski definition) is 6. The van der Waals surface area contributed by atoms with Gasteiger partial charge in [-0.25, -0.2) is 19.6 Å². The molecule has 0 aromatic carbocycles. The molecule has 0 amide bonds. The van der Waals surface area contributed by atoms with Gasteiger partial charge in [0.2, 0.25) is 5.78 Å². The summed E-state index contributed by atoms with van der Waals surface area (Å²) >= 11 is 6.00. The number of rotatable bonds is 7. The van der Waals surface area contributed by atoms with Crippen LogP contribution in [0.15, 0.2) is 18.6 Å². The zero-order chi connectivity index (χ0) is 18.0. The molecule has 2 unspecified atom stereocenters. The van der Waals surface area contributed by atoms with Gasteiger partial charge < -0.3 is 9.47 Å². The number of fused-ring (bicyclic) bond motifs is 1. The van der Waals surface area contributed by atoms with Crippen LogP contribution in [-0.2, 0) is 9.47 Å². The third-order valence-electron chi connectivity index (χ3n) is 3.76. The molecule has 3 rings (SSSR count). The summed E-state index contributed by atoms with van der Waals surface area (Å²) in [5.74, 6) is 1.81. The van der Waals surface area contributed by atoms with Crippen LogP contribution < -0.4 is 0 Å². The third-order valence-corrected chi connectivity index (χ3v) is 3.96. The van der Waals surface area contributed by atoms with Gasteiger partial charge in [0.15, 0.2) is 11.6 Å². The van der Waals surface area contributed by atoms with Crippen LogP contribution >= 0.6 is 11.6 Å². The lowest BCUT2D eigenvalue weighted by Crippen LogP contribution is -2.14. The van der Waals surface area contributed by atoms with E-state index in [1.807, 2.05) is 31.6 Å². The van der Waals surface area contributed by atoms with Gasteiger partial charge in [-0.1, -0.05) is 11.6 Å². The van der Waals surface area contributed by atoms with E-state index < -0.39 is 0 Å². The van der Waals surface area contributed by atoms with Gasteiger partial charge in [0, 0.05) is 26.1 Å². The molecule has 0 spiro atoms. The average molecular weight is 365 g/mol. The van der Waals surface area contributed by atoms with Crippen LogP contribution in [0.4, 0.5) is 0 Å².